The minimum atomic E-state index is -1.46. The summed E-state index contributed by atoms with van der Waals surface area (Å²) in [5.41, 5.74) is 0.613. The highest BCUT2D eigenvalue weighted by molar-refractivity contribution is 7.84. The SMILES string of the molecule is C[SH+](=O)c1ccc(N2CCNCC2)c(F)c1. The Labute approximate surface area is 97.1 Å². The molecule has 1 aliphatic heterocycles. The third kappa shape index (κ3) is 2.41. The lowest BCUT2D eigenvalue weighted by Gasteiger charge is -2.29. The maximum atomic E-state index is 13.8. The first-order chi connectivity index (χ1) is 7.68. The number of benzene rings is 1. The Kier molecular flexibility index (Phi) is 3.56. The topological polar surface area (TPSA) is 32.3 Å². The summed E-state index contributed by atoms with van der Waals surface area (Å²) in [6.45, 7) is 3.38. The average Bonchev–Trinajstić information content (AvgIpc) is 2.30. The minimum Gasteiger partial charge on any atom is -0.367 e. The summed E-state index contributed by atoms with van der Waals surface area (Å²) in [7, 11) is -1.46. The van der Waals surface area contributed by atoms with E-state index in [9.17, 15) is 8.60 Å². The molecule has 1 aromatic rings. The minimum absolute atomic E-state index is 0.274. The zero-order valence-corrected chi connectivity index (χ0v) is 10.1. The molecule has 88 valence electrons. The van der Waals surface area contributed by atoms with Gasteiger partial charge in [-0.2, -0.15) is 0 Å². The molecular weight excluding hydrogens is 227 g/mol. The van der Waals surface area contributed by atoms with E-state index in [1.54, 1.807) is 18.4 Å². The lowest BCUT2D eigenvalue weighted by molar-refractivity contribution is 0.564. The molecule has 1 N–H and O–H groups in total. The van der Waals surface area contributed by atoms with E-state index in [-0.39, 0.29) is 5.82 Å². The summed E-state index contributed by atoms with van der Waals surface area (Å²) in [5.74, 6) is -0.274. The summed E-state index contributed by atoms with van der Waals surface area (Å²) < 4.78 is 25.0. The van der Waals surface area contributed by atoms with E-state index in [4.69, 9.17) is 0 Å². The van der Waals surface area contributed by atoms with Crippen molar-refractivity contribution < 1.29 is 8.60 Å². The zero-order chi connectivity index (χ0) is 11.5. The average molecular weight is 243 g/mol. The van der Waals surface area contributed by atoms with E-state index in [0.29, 0.717) is 10.6 Å². The van der Waals surface area contributed by atoms with Gasteiger partial charge in [-0.25, -0.2) is 4.39 Å². The molecule has 0 aromatic heterocycles. The Morgan fingerprint density at radius 1 is 1.38 bits per heavy atom. The van der Waals surface area contributed by atoms with Crippen molar-refractivity contribution in [1.82, 2.24) is 5.32 Å². The van der Waals surface area contributed by atoms with Crippen molar-refractivity contribution >= 4 is 16.5 Å². The van der Waals surface area contributed by atoms with Gasteiger partial charge in [-0.15, -0.1) is 4.21 Å². The lowest BCUT2D eigenvalue weighted by atomic mass is 10.2. The van der Waals surface area contributed by atoms with E-state index >= 15 is 0 Å². The van der Waals surface area contributed by atoms with Gasteiger partial charge >= 0.3 is 0 Å². The molecule has 5 heteroatoms. The molecule has 1 unspecified atom stereocenters. The van der Waals surface area contributed by atoms with Crippen molar-refractivity contribution in [1.29, 1.82) is 0 Å². The van der Waals surface area contributed by atoms with Crippen LogP contribution in [0.15, 0.2) is 23.1 Å². The fourth-order valence-electron chi connectivity index (χ4n) is 1.85. The molecule has 0 saturated carbocycles. The van der Waals surface area contributed by atoms with E-state index in [1.165, 1.54) is 6.07 Å². The van der Waals surface area contributed by atoms with Crippen LogP contribution >= 0.6 is 0 Å². The van der Waals surface area contributed by atoms with Crippen molar-refractivity contribution in [2.24, 2.45) is 0 Å². The molecule has 0 amide bonds. The molecule has 1 aliphatic rings. The number of nitrogens with one attached hydrogen (secondary N) is 1. The fourth-order valence-corrected chi connectivity index (χ4v) is 2.43. The Morgan fingerprint density at radius 3 is 2.62 bits per heavy atom. The summed E-state index contributed by atoms with van der Waals surface area (Å²) in [4.78, 5) is 2.59. The largest absolute Gasteiger partial charge is 0.367 e. The van der Waals surface area contributed by atoms with E-state index in [0.717, 1.165) is 26.2 Å². The molecule has 2 rings (SSSR count). The number of hydrogen-bond acceptors (Lipinski definition) is 3. The second-order valence-electron chi connectivity index (χ2n) is 3.87. The molecular formula is C11H16FN2OS+. The molecule has 1 atom stereocenters. The molecule has 16 heavy (non-hydrogen) atoms. The van der Waals surface area contributed by atoms with Crippen LogP contribution in [0.1, 0.15) is 0 Å². The van der Waals surface area contributed by atoms with Gasteiger partial charge in [0.25, 0.3) is 0 Å². The Balaban J connectivity index is 2.24. The first-order valence-corrected chi connectivity index (χ1v) is 7.05. The Morgan fingerprint density at radius 2 is 2.06 bits per heavy atom. The molecule has 3 nitrogen and oxygen atoms in total. The Hall–Kier alpha value is -0.940. The standard InChI is InChI=1S/C11H15FN2OS/c1-16(15)9-2-3-11(10(12)8-9)14-6-4-13-5-7-14/h2-3,8,13H,4-7H2,1H3/p+1. The van der Waals surface area contributed by atoms with Crippen LogP contribution in [0.4, 0.5) is 10.1 Å². The summed E-state index contributed by atoms with van der Waals surface area (Å²) in [6, 6.07) is 4.86. The van der Waals surface area contributed by atoms with Gasteiger partial charge in [0.05, 0.1) is 5.69 Å². The molecule has 1 heterocycles. The van der Waals surface area contributed by atoms with Gasteiger partial charge in [0.15, 0.2) is 10.7 Å². The summed E-state index contributed by atoms with van der Waals surface area (Å²) >= 11 is 0. The smallest absolute Gasteiger partial charge is 0.158 e. The quantitative estimate of drug-likeness (QED) is 0.619. The second kappa shape index (κ2) is 4.93. The van der Waals surface area contributed by atoms with Crippen LogP contribution in [0, 0.1) is 5.82 Å². The van der Waals surface area contributed by atoms with E-state index in [2.05, 4.69) is 5.32 Å². The van der Waals surface area contributed by atoms with Crippen molar-refractivity contribution in [3.05, 3.63) is 24.0 Å². The third-order valence-electron chi connectivity index (χ3n) is 2.75. The van der Waals surface area contributed by atoms with Crippen molar-refractivity contribution in [2.75, 3.05) is 37.3 Å². The highest BCUT2D eigenvalue weighted by Crippen LogP contribution is 2.22. The van der Waals surface area contributed by atoms with E-state index < -0.39 is 10.8 Å². The third-order valence-corrected chi connectivity index (χ3v) is 3.76. The predicted molar refractivity (Wildman–Crippen MR) is 65.1 cm³/mol. The maximum absolute atomic E-state index is 13.8. The van der Waals surface area contributed by atoms with Crippen molar-refractivity contribution in [2.45, 2.75) is 4.90 Å². The van der Waals surface area contributed by atoms with Gasteiger partial charge < -0.3 is 10.2 Å². The molecule has 1 fully saturated rings. The maximum Gasteiger partial charge on any atom is 0.158 e. The van der Waals surface area contributed by atoms with Gasteiger partial charge in [0.1, 0.15) is 17.1 Å². The monoisotopic (exact) mass is 243 g/mol. The Bertz CT molecular complexity index is 405. The number of rotatable bonds is 2. The van der Waals surface area contributed by atoms with Crippen LogP contribution in [0.3, 0.4) is 0 Å². The number of nitrogens with zero attached hydrogens (tertiary/aromatic N) is 1. The van der Waals surface area contributed by atoms with Crippen molar-refractivity contribution in [3.8, 4) is 0 Å². The predicted octanol–water partition coefficient (Wildman–Crippen LogP) is 0.920. The zero-order valence-electron chi connectivity index (χ0n) is 9.24. The van der Waals surface area contributed by atoms with Crippen LogP contribution in [0.2, 0.25) is 0 Å². The van der Waals surface area contributed by atoms with Gasteiger partial charge in [-0.3, -0.25) is 0 Å². The number of halogens is 1. The highest BCUT2D eigenvalue weighted by Gasteiger charge is 2.16. The first-order valence-electron chi connectivity index (χ1n) is 5.34. The van der Waals surface area contributed by atoms with Gasteiger partial charge in [0, 0.05) is 32.2 Å². The lowest BCUT2D eigenvalue weighted by Crippen LogP contribution is -2.43. The normalized spacial score (nSPS) is 18.5. The molecule has 1 saturated heterocycles. The fraction of sp³-hybridized carbons (Fsp3) is 0.455. The highest BCUT2D eigenvalue weighted by atomic mass is 32.2. The van der Waals surface area contributed by atoms with Gasteiger partial charge in [-0.1, -0.05) is 0 Å². The van der Waals surface area contributed by atoms with Crippen LogP contribution < -0.4 is 10.2 Å². The molecule has 0 aliphatic carbocycles. The number of piperazine rings is 1. The van der Waals surface area contributed by atoms with Crippen LogP contribution in [-0.2, 0) is 15.0 Å². The van der Waals surface area contributed by atoms with Gasteiger partial charge in [-0.05, 0) is 12.1 Å². The first kappa shape index (κ1) is 11.5. The number of thiol groups is 1. The summed E-state index contributed by atoms with van der Waals surface area (Å²) in [5, 5.41) is 3.22. The second-order valence-corrected chi connectivity index (χ2v) is 5.38. The molecule has 0 radical (unpaired) electrons. The van der Waals surface area contributed by atoms with Crippen LogP contribution in [0.5, 0.6) is 0 Å². The molecule has 1 aromatic carbocycles. The number of anilines is 1. The van der Waals surface area contributed by atoms with Gasteiger partial charge in [0.2, 0.25) is 0 Å². The number of hydrogen-bond donors (Lipinski definition) is 1. The molecule has 0 spiro atoms. The summed E-state index contributed by atoms with van der Waals surface area (Å²) in [6.07, 6.45) is 1.59. The van der Waals surface area contributed by atoms with Crippen LogP contribution in [-0.4, -0.2) is 32.4 Å². The van der Waals surface area contributed by atoms with Crippen LogP contribution in [0.25, 0.3) is 0 Å². The molecule has 0 bridgehead atoms. The van der Waals surface area contributed by atoms with E-state index in [1.807, 2.05) is 4.90 Å². The van der Waals surface area contributed by atoms with Crippen molar-refractivity contribution in [3.63, 3.8) is 0 Å².